The van der Waals surface area contributed by atoms with Crippen molar-refractivity contribution in [3.8, 4) is 6.07 Å². The van der Waals surface area contributed by atoms with Crippen molar-refractivity contribution in [1.29, 1.82) is 5.26 Å². The number of allylic oxidation sites excluding steroid dienone is 2. The maximum atomic E-state index is 12.8. The molecule has 0 saturated carbocycles. The van der Waals surface area contributed by atoms with E-state index < -0.39 is 29.5 Å². The fraction of sp³-hybridized carbons (Fsp3) is 0.414. The third kappa shape index (κ3) is 7.68. The van der Waals surface area contributed by atoms with Crippen LogP contribution in [-0.4, -0.2) is 51.8 Å². The molecule has 0 bridgehead atoms. The number of carboxylic acids is 1. The Bertz CT molecular complexity index is 1420. The van der Waals surface area contributed by atoms with E-state index >= 15 is 0 Å². The summed E-state index contributed by atoms with van der Waals surface area (Å²) in [6.45, 7) is 6.17. The molecule has 1 aliphatic heterocycles. The first-order valence-corrected chi connectivity index (χ1v) is 15.0. The van der Waals surface area contributed by atoms with Crippen LogP contribution in [0.1, 0.15) is 49.6 Å². The van der Waals surface area contributed by atoms with E-state index in [4.69, 9.17) is 4.74 Å². The van der Waals surface area contributed by atoms with Crippen LogP contribution in [-0.2, 0) is 32.1 Å². The number of carbonyl (C=O) groups excluding carboxylic acids is 3. The van der Waals surface area contributed by atoms with Gasteiger partial charge in [0.05, 0.1) is 29.7 Å². The molecule has 2 aromatic rings. The number of nitrogens with zero attached hydrogens (tertiary/aromatic N) is 2. The third-order valence-corrected chi connectivity index (χ3v) is 8.76. The summed E-state index contributed by atoms with van der Waals surface area (Å²) in [6.07, 6.45) is 4.39. The van der Waals surface area contributed by atoms with Gasteiger partial charge in [0.2, 0.25) is 11.8 Å². The summed E-state index contributed by atoms with van der Waals surface area (Å²) in [4.78, 5) is 52.9. The first-order chi connectivity index (χ1) is 19.4. The van der Waals surface area contributed by atoms with E-state index in [0.717, 1.165) is 15.3 Å². The van der Waals surface area contributed by atoms with Crippen LogP contribution in [0.4, 0.5) is 15.5 Å². The Hall–Kier alpha value is -3.82. The van der Waals surface area contributed by atoms with E-state index in [-0.39, 0.29) is 17.6 Å². The third-order valence-electron chi connectivity index (χ3n) is 6.63. The molecule has 4 rings (SSSR count). The number of hydrogen-bond donors (Lipinski definition) is 3. The van der Waals surface area contributed by atoms with Crippen molar-refractivity contribution in [3.05, 3.63) is 52.4 Å². The van der Waals surface area contributed by atoms with E-state index in [2.05, 4.69) is 16.7 Å². The summed E-state index contributed by atoms with van der Waals surface area (Å²) >= 11 is 2.56. The molecule has 3 N–H and O–H groups in total. The summed E-state index contributed by atoms with van der Waals surface area (Å²) < 4.78 is 5.47. The molecule has 10 nitrogen and oxygen atoms in total. The Morgan fingerprint density at radius 1 is 1.17 bits per heavy atom. The maximum absolute atomic E-state index is 12.8. The average Bonchev–Trinajstić information content (AvgIpc) is 3.27. The monoisotopic (exact) mass is 596 g/mol. The highest BCUT2D eigenvalue weighted by atomic mass is 32.2. The number of aliphatic carboxylic acids is 1. The van der Waals surface area contributed by atoms with Gasteiger partial charge >= 0.3 is 12.1 Å². The second kappa shape index (κ2) is 12.8. The van der Waals surface area contributed by atoms with Crippen LogP contribution >= 0.6 is 23.1 Å². The Kier molecular flexibility index (Phi) is 9.40. The molecule has 1 aromatic heterocycles. The fourth-order valence-corrected chi connectivity index (χ4v) is 6.66. The van der Waals surface area contributed by atoms with Crippen molar-refractivity contribution in [2.75, 3.05) is 22.9 Å². The maximum Gasteiger partial charge on any atom is 0.410 e. The van der Waals surface area contributed by atoms with Crippen LogP contribution in [0.25, 0.3) is 0 Å². The summed E-state index contributed by atoms with van der Waals surface area (Å²) in [7, 11) is 0. The number of benzene rings is 1. The van der Waals surface area contributed by atoms with Gasteiger partial charge < -0.3 is 25.4 Å². The summed E-state index contributed by atoms with van der Waals surface area (Å²) in [5, 5.41) is 25.4. The number of amides is 3. The first kappa shape index (κ1) is 30.1. The molecule has 41 heavy (non-hydrogen) atoms. The molecule has 216 valence electrons. The smallest absolute Gasteiger partial charge is 0.410 e. The molecule has 12 heteroatoms. The quantitative estimate of drug-likeness (QED) is 0.290. The lowest BCUT2D eigenvalue weighted by atomic mass is 9.82. The topological polar surface area (TPSA) is 149 Å². The molecule has 0 fully saturated rings. The zero-order valence-electron chi connectivity index (χ0n) is 23.1. The number of carbonyl (C=O) groups is 4. The molecule has 2 heterocycles. The Morgan fingerprint density at radius 2 is 1.90 bits per heavy atom. The van der Waals surface area contributed by atoms with E-state index in [1.54, 1.807) is 29.2 Å². The van der Waals surface area contributed by atoms with E-state index in [1.807, 2.05) is 32.9 Å². The molecule has 1 aliphatic carbocycles. The molecule has 2 atom stereocenters. The molecule has 0 radical (unpaired) electrons. The number of nitrogens with one attached hydrogen (secondary N) is 2. The van der Waals surface area contributed by atoms with Gasteiger partial charge in [0.1, 0.15) is 16.7 Å². The fourth-order valence-electron chi connectivity index (χ4n) is 4.68. The van der Waals surface area contributed by atoms with Crippen molar-refractivity contribution in [2.24, 2.45) is 11.8 Å². The lowest BCUT2D eigenvalue weighted by Gasteiger charge is -2.29. The minimum absolute atomic E-state index is 0.0728. The van der Waals surface area contributed by atoms with E-state index in [1.165, 1.54) is 23.1 Å². The van der Waals surface area contributed by atoms with Crippen LogP contribution in [0.3, 0.4) is 0 Å². The minimum Gasteiger partial charge on any atom is -0.481 e. The van der Waals surface area contributed by atoms with Crippen LogP contribution in [0.5, 0.6) is 0 Å². The van der Waals surface area contributed by atoms with E-state index in [0.29, 0.717) is 48.6 Å². The zero-order chi connectivity index (χ0) is 29.7. The molecule has 1 aromatic carbocycles. The van der Waals surface area contributed by atoms with E-state index in [9.17, 15) is 29.5 Å². The highest BCUT2D eigenvalue weighted by molar-refractivity contribution is 8.00. The molecule has 0 saturated heterocycles. The van der Waals surface area contributed by atoms with Gasteiger partial charge in [-0.15, -0.1) is 23.1 Å². The predicted octanol–water partition coefficient (Wildman–Crippen LogP) is 5.25. The molecule has 0 spiro atoms. The Balaban J connectivity index is 1.35. The zero-order valence-corrected chi connectivity index (χ0v) is 24.7. The van der Waals surface area contributed by atoms with Gasteiger partial charge in [0.25, 0.3) is 0 Å². The standard InChI is InChI=1S/C29H32N4O6S2/c1-29(2,3)39-28(38)33-12-11-19-22(14-30)26(41-23(19)15-33)32-24(34)16-40-18-8-6-7-17(13-18)31-25(35)20-9-4-5-10-21(20)27(36)37/h4-8,13,20-21H,9-12,15-16H2,1-3H3,(H,31,35)(H,32,34)(H,36,37). The minimum atomic E-state index is -0.990. The van der Waals surface area contributed by atoms with Crippen molar-refractivity contribution >= 4 is 57.7 Å². The van der Waals surface area contributed by atoms with Crippen molar-refractivity contribution in [1.82, 2.24) is 4.90 Å². The molecule has 2 aliphatic rings. The second-order valence-corrected chi connectivity index (χ2v) is 13.0. The number of carboxylic acid groups (broad SMARTS) is 1. The number of ether oxygens (including phenoxy) is 1. The number of nitriles is 1. The normalized spacial score (nSPS) is 18.1. The van der Waals surface area contributed by atoms with Gasteiger partial charge in [-0.25, -0.2) is 4.79 Å². The summed E-state index contributed by atoms with van der Waals surface area (Å²) in [5.41, 5.74) is 1.19. The van der Waals surface area contributed by atoms with Crippen LogP contribution < -0.4 is 10.6 Å². The van der Waals surface area contributed by atoms with Gasteiger partial charge in [0.15, 0.2) is 0 Å². The second-order valence-electron chi connectivity index (χ2n) is 10.8. The number of anilines is 2. The number of hydrogen-bond acceptors (Lipinski definition) is 8. The molecule has 3 amide bonds. The Morgan fingerprint density at radius 3 is 2.59 bits per heavy atom. The highest BCUT2D eigenvalue weighted by Crippen LogP contribution is 2.37. The number of thioether (sulfide) groups is 1. The highest BCUT2D eigenvalue weighted by Gasteiger charge is 2.34. The SMILES string of the molecule is CC(C)(C)OC(=O)N1CCc2c(sc(NC(=O)CSc3cccc(NC(=O)C4CC=CCC4C(=O)O)c3)c2C#N)C1. The predicted molar refractivity (Wildman–Crippen MR) is 157 cm³/mol. The van der Waals surface area contributed by atoms with Crippen molar-refractivity contribution < 1.29 is 29.0 Å². The lowest BCUT2D eigenvalue weighted by molar-refractivity contribution is -0.146. The largest absolute Gasteiger partial charge is 0.481 e. The molecular formula is C29H32N4O6S2. The van der Waals surface area contributed by atoms with Crippen molar-refractivity contribution in [3.63, 3.8) is 0 Å². The first-order valence-electron chi connectivity index (χ1n) is 13.2. The van der Waals surface area contributed by atoms with Crippen LogP contribution in [0.15, 0.2) is 41.3 Å². The lowest BCUT2D eigenvalue weighted by Crippen LogP contribution is -2.39. The number of fused-ring (bicyclic) bond motifs is 1. The van der Waals surface area contributed by atoms with Crippen molar-refractivity contribution in [2.45, 2.75) is 57.1 Å². The summed E-state index contributed by atoms with van der Waals surface area (Å²) in [5.74, 6) is -2.97. The average molecular weight is 597 g/mol. The van der Waals surface area contributed by atoms with Gasteiger partial charge in [0, 0.05) is 22.0 Å². The molecule has 2 unspecified atom stereocenters. The molecular weight excluding hydrogens is 564 g/mol. The Labute approximate surface area is 246 Å². The van der Waals surface area contributed by atoms with Crippen LogP contribution in [0.2, 0.25) is 0 Å². The van der Waals surface area contributed by atoms with Crippen LogP contribution in [0, 0.1) is 23.2 Å². The summed E-state index contributed by atoms with van der Waals surface area (Å²) in [6, 6.07) is 9.22. The van der Waals surface area contributed by atoms with Gasteiger partial charge in [-0.1, -0.05) is 18.2 Å². The van der Waals surface area contributed by atoms with Gasteiger partial charge in [-0.3, -0.25) is 14.4 Å². The number of rotatable bonds is 7. The van der Waals surface area contributed by atoms with Gasteiger partial charge in [-0.05, 0) is 63.8 Å². The number of thiophene rings is 1. The van der Waals surface area contributed by atoms with Gasteiger partial charge in [-0.2, -0.15) is 5.26 Å².